The molecule has 0 bridgehead atoms. The second-order valence-electron chi connectivity index (χ2n) is 3.96. The van der Waals surface area contributed by atoms with Crippen molar-refractivity contribution in [2.24, 2.45) is 0 Å². The number of aliphatic hydroxyl groups excluding tert-OH is 1. The van der Waals surface area contributed by atoms with Crippen LogP contribution >= 0.6 is 0 Å². The summed E-state index contributed by atoms with van der Waals surface area (Å²) in [7, 11) is 0. The van der Waals surface area contributed by atoms with E-state index < -0.39 is 18.1 Å². The summed E-state index contributed by atoms with van der Waals surface area (Å²) in [6.45, 7) is 4.16. The highest BCUT2D eigenvalue weighted by Crippen LogP contribution is 2.22. The minimum absolute atomic E-state index is 0.168. The van der Waals surface area contributed by atoms with Gasteiger partial charge in [-0.15, -0.1) is 0 Å². The second-order valence-corrected chi connectivity index (χ2v) is 3.96. The van der Waals surface area contributed by atoms with Crippen LogP contribution in [0.1, 0.15) is 25.5 Å². The van der Waals surface area contributed by atoms with E-state index in [0.717, 1.165) is 0 Å². The molecule has 2 atom stereocenters. The minimum Gasteiger partial charge on any atom is -0.494 e. The number of hydrogen-bond donors (Lipinski definition) is 2. The van der Waals surface area contributed by atoms with Gasteiger partial charge in [-0.05, 0) is 31.5 Å². The minimum atomic E-state index is -1.21. The Morgan fingerprint density at radius 2 is 2.15 bits per heavy atom. The number of hydrogen-bond acceptors (Lipinski definition) is 5. The molecule has 0 aliphatic rings. The molecule has 1 aromatic rings. The van der Waals surface area contributed by atoms with Crippen molar-refractivity contribution in [1.82, 2.24) is 5.32 Å². The zero-order chi connectivity index (χ0) is 15.0. The molecular formula is C14H19NO5. The molecular weight excluding hydrogens is 262 g/mol. The number of nitrogens with one attached hydrogen (secondary N) is 1. The fraction of sp³-hybridized carbons (Fsp3) is 0.429. The van der Waals surface area contributed by atoms with Crippen molar-refractivity contribution in [3.8, 4) is 5.75 Å². The van der Waals surface area contributed by atoms with Crippen molar-refractivity contribution in [3.63, 3.8) is 0 Å². The summed E-state index contributed by atoms with van der Waals surface area (Å²) in [6, 6.07) is 5.56. The smallest absolute Gasteiger partial charge is 0.331 e. The Morgan fingerprint density at radius 1 is 1.40 bits per heavy atom. The molecule has 1 amide bonds. The van der Waals surface area contributed by atoms with E-state index >= 15 is 0 Å². The molecule has 0 saturated carbocycles. The monoisotopic (exact) mass is 281 g/mol. The van der Waals surface area contributed by atoms with Gasteiger partial charge in [-0.25, -0.2) is 4.79 Å². The Kier molecular flexibility index (Phi) is 6.52. The zero-order valence-electron chi connectivity index (χ0n) is 11.5. The Labute approximate surface area is 117 Å². The number of aliphatic hydroxyl groups is 1. The number of ether oxygens (including phenoxy) is 2. The third kappa shape index (κ3) is 4.24. The van der Waals surface area contributed by atoms with Crippen LogP contribution in [-0.2, 0) is 14.3 Å². The van der Waals surface area contributed by atoms with Gasteiger partial charge in [-0.1, -0.05) is 12.1 Å². The van der Waals surface area contributed by atoms with Crippen LogP contribution in [0, 0.1) is 0 Å². The van der Waals surface area contributed by atoms with Crippen LogP contribution in [0.5, 0.6) is 5.75 Å². The van der Waals surface area contributed by atoms with Crippen molar-refractivity contribution < 1.29 is 24.2 Å². The molecule has 6 heteroatoms. The molecule has 2 unspecified atom stereocenters. The first-order chi connectivity index (χ1) is 9.63. The highest BCUT2D eigenvalue weighted by atomic mass is 16.5. The SMILES string of the molecule is CCOC(=O)C(NC=O)C(O)c1cccc(OCC)c1. The Hall–Kier alpha value is -2.08. The lowest BCUT2D eigenvalue weighted by Crippen LogP contribution is -2.42. The third-order valence-electron chi connectivity index (χ3n) is 2.61. The van der Waals surface area contributed by atoms with Crippen LogP contribution in [0.4, 0.5) is 0 Å². The average Bonchev–Trinajstić information content (AvgIpc) is 2.45. The molecule has 1 aromatic carbocycles. The maximum Gasteiger partial charge on any atom is 0.331 e. The molecule has 2 N–H and O–H groups in total. The molecule has 0 saturated heterocycles. The lowest BCUT2D eigenvalue weighted by atomic mass is 10.0. The summed E-state index contributed by atoms with van der Waals surface area (Å²) in [5.41, 5.74) is 0.461. The molecule has 0 aliphatic carbocycles. The van der Waals surface area contributed by atoms with E-state index in [4.69, 9.17) is 9.47 Å². The predicted molar refractivity (Wildman–Crippen MR) is 72.2 cm³/mol. The Bertz CT molecular complexity index is 449. The highest BCUT2D eigenvalue weighted by molar-refractivity contribution is 5.79. The van der Waals surface area contributed by atoms with E-state index in [1.807, 2.05) is 6.92 Å². The van der Waals surface area contributed by atoms with Gasteiger partial charge in [0.15, 0.2) is 6.04 Å². The number of carbonyl (C=O) groups is 2. The maximum absolute atomic E-state index is 11.7. The summed E-state index contributed by atoms with van der Waals surface area (Å²) in [4.78, 5) is 22.3. The van der Waals surface area contributed by atoms with Crippen molar-refractivity contribution in [2.45, 2.75) is 26.0 Å². The van der Waals surface area contributed by atoms with Gasteiger partial charge in [0.05, 0.1) is 13.2 Å². The molecule has 0 fully saturated rings. The van der Waals surface area contributed by atoms with Crippen LogP contribution in [-0.4, -0.2) is 36.7 Å². The molecule has 0 radical (unpaired) electrons. The first-order valence-electron chi connectivity index (χ1n) is 6.41. The molecule has 110 valence electrons. The normalized spacial score (nSPS) is 13.2. The lowest BCUT2D eigenvalue weighted by Gasteiger charge is -2.21. The van der Waals surface area contributed by atoms with E-state index in [-0.39, 0.29) is 6.61 Å². The molecule has 0 heterocycles. The quantitative estimate of drug-likeness (QED) is 0.544. The molecule has 0 spiro atoms. The number of rotatable bonds is 8. The predicted octanol–water partition coefficient (Wildman–Crippen LogP) is 0.796. The molecule has 0 aliphatic heterocycles. The van der Waals surface area contributed by atoms with Gasteiger partial charge >= 0.3 is 5.97 Å². The van der Waals surface area contributed by atoms with E-state index in [1.54, 1.807) is 31.2 Å². The largest absolute Gasteiger partial charge is 0.494 e. The number of benzene rings is 1. The van der Waals surface area contributed by atoms with Gasteiger partial charge < -0.3 is 19.9 Å². The van der Waals surface area contributed by atoms with Crippen molar-refractivity contribution in [3.05, 3.63) is 29.8 Å². The van der Waals surface area contributed by atoms with Crippen molar-refractivity contribution in [2.75, 3.05) is 13.2 Å². The maximum atomic E-state index is 11.7. The van der Waals surface area contributed by atoms with Gasteiger partial charge in [0, 0.05) is 0 Å². The van der Waals surface area contributed by atoms with Crippen LogP contribution in [0.15, 0.2) is 24.3 Å². The standard InChI is InChI=1S/C14H19NO5/c1-3-19-11-7-5-6-10(8-11)13(17)12(15-9-16)14(18)20-4-2/h5-9,12-13,17H,3-4H2,1-2H3,(H,15,16). The summed E-state index contributed by atoms with van der Waals surface area (Å²) < 4.78 is 10.2. The van der Waals surface area contributed by atoms with Gasteiger partial charge in [0.25, 0.3) is 0 Å². The third-order valence-corrected chi connectivity index (χ3v) is 2.61. The second kappa shape index (κ2) is 8.16. The topological polar surface area (TPSA) is 84.9 Å². The number of amides is 1. The van der Waals surface area contributed by atoms with E-state index in [9.17, 15) is 14.7 Å². The molecule has 0 aromatic heterocycles. The fourth-order valence-electron chi connectivity index (χ4n) is 1.74. The van der Waals surface area contributed by atoms with E-state index in [1.165, 1.54) is 0 Å². The molecule has 1 rings (SSSR count). The van der Waals surface area contributed by atoms with Crippen LogP contribution < -0.4 is 10.1 Å². The van der Waals surface area contributed by atoms with E-state index in [0.29, 0.717) is 24.3 Å². The van der Waals surface area contributed by atoms with Gasteiger partial charge in [-0.3, -0.25) is 4.79 Å². The van der Waals surface area contributed by atoms with Gasteiger partial charge in [-0.2, -0.15) is 0 Å². The zero-order valence-corrected chi connectivity index (χ0v) is 11.5. The molecule has 6 nitrogen and oxygen atoms in total. The van der Waals surface area contributed by atoms with Crippen molar-refractivity contribution in [1.29, 1.82) is 0 Å². The lowest BCUT2D eigenvalue weighted by molar-refractivity contribution is -0.149. The summed E-state index contributed by atoms with van der Waals surface area (Å²) >= 11 is 0. The number of esters is 1. The highest BCUT2D eigenvalue weighted by Gasteiger charge is 2.29. The number of carbonyl (C=O) groups excluding carboxylic acids is 2. The van der Waals surface area contributed by atoms with Crippen LogP contribution in [0.25, 0.3) is 0 Å². The Morgan fingerprint density at radius 3 is 2.75 bits per heavy atom. The summed E-state index contributed by atoms with van der Waals surface area (Å²) in [5, 5.41) is 12.5. The van der Waals surface area contributed by atoms with Gasteiger partial charge in [0.1, 0.15) is 11.9 Å². The summed E-state index contributed by atoms with van der Waals surface area (Å²) in [5.74, 6) is -0.105. The summed E-state index contributed by atoms with van der Waals surface area (Å²) in [6.07, 6.45) is -0.850. The first kappa shape index (κ1) is 16.0. The van der Waals surface area contributed by atoms with Crippen LogP contribution in [0.3, 0.4) is 0 Å². The molecule has 20 heavy (non-hydrogen) atoms. The van der Waals surface area contributed by atoms with Crippen molar-refractivity contribution >= 4 is 12.4 Å². The Balaban J connectivity index is 2.92. The fourth-order valence-corrected chi connectivity index (χ4v) is 1.74. The van der Waals surface area contributed by atoms with E-state index in [2.05, 4.69) is 5.32 Å². The average molecular weight is 281 g/mol. The first-order valence-corrected chi connectivity index (χ1v) is 6.41. The van der Waals surface area contributed by atoms with Crippen LogP contribution in [0.2, 0.25) is 0 Å². The van der Waals surface area contributed by atoms with Gasteiger partial charge in [0.2, 0.25) is 6.41 Å².